The molecule has 0 unspecified atom stereocenters. The lowest BCUT2D eigenvalue weighted by molar-refractivity contribution is -0.120. The summed E-state index contributed by atoms with van der Waals surface area (Å²) in [4.78, 5) is 23.1. The molecule has 2 rings (SSSR count). The van der Waals surface area contributed by atoms with Crippen LogP contribution < -0.4 is 10.1 Å². The Morgan fingerprint density at radius 2 is 2.05 bits per heavy atom. The maximum Gasteiger partial charge on any atom is 0.251 e. The van der Waals surface area contributed by atoms with E-state index < -0.39 is 0 Å². The highest BCUT2D eigenvalue weighted by Crippen LogP contribution is 2.26. The number of carbonyl (C=O) groups is 2. The molecule has 0 spiro atoms. The van der Waals surface area contributed by atoms with Crippen LogP contribution >= 0.6 is 0 Å². The highest BCUT2D eigenvalue weighted by molar-refractivity contribution is 5.95. The molecule has 1 amide bonds. The molecule has 0 atom stereocenters. The molecule has 19 heavy (non-hydrogen) atoms. The molecule has 0 radical (unpaired) electrons. The van der Waals surface area contributed by atoms with Crippen LogP contribution in [0.4, 0.5) is 0 Å². The monoisotopic (exact) mass is 263 g/mol. The van der Waals surface area contributed by atoms with E-state index in [0.29, 0.717) is 37.0 Å². The third-order valence-corrected chi connectivity index (χ3v) is 3.32. The highest BCUT2D eigenvalue weighted by Gasteiger charge is 2.21. The molecule has 1 aromatic rings. The highest BCUT2D eigenvalue weighted by atomic mass is 16.5. The minimum atomic E-state index is -0.239. The number of nitrogens with one attached hydrogen (secondary N) is 1. The Morgan fingerprint density at radius 1 is 1.37 bits per heavy atom. The van der Waals surface area contributed by atoms with E-state index in [9.17, 15) is 14.7 Å². The van der Waals surface area contributed by atoms with Gasteiger partial charge in [-0.25, -0.2) is 0 Å². The molecule has 1 fully saturated rings. The lowest BCUT2D eigenvalue weighted by Gasteiger charge is -2.22. The average Bonchev–Trinajstić information content (AvgIpc) is 2.41. The Bertz CT molecular complexity index is 488. The maximum atomic E-state index is 12.0. The second kappa shape index (κ2) is 5.73. The van der Waals surface area contributed by atoms with Gasteiger partial charge in [0.15, 0.2) is 11.5 Å². The molecule has 0 saturated heterocycles. The molecule has 1 aliphatic carbocycles. The van der Waals surface area contributed by atoms with Crippen LogP contribution in [0.15, 0.2) is 18.2 Å². The first-order valence-electron chi connectivity index (χ1n) is 6.29. The number of carbonyl (C=O) groups excluding carboxylic acids is 2. The fourth-order valence-electron chi connectivity index (χ4n) is 2.18. The molecular formula is C14H17NO4. The van der Waals surface area contributed by atoms with Gasteiger partial charge in [0.1, 0.15) is 5.78 Å². The average molecular weight is 263 g/mol. The molecule has 0 bridgehead atoms. The molecule has 5 heteroatoms. The van der Waals surface area contributed by atoms with Crippen molar-refractivity contribution in [1.82, 2.24) is 5.32 Å². The first-order chi connectivity index (χ1) is 9.10. The van der Waals surface area contributed by atoms with Gasteiger partial charge in [0.2, 0.25) is 0 Å². The predicted molar refractivity (Wildman–Crippen MR) is 69.4 cm³/mol. The number of hydrogen-bond acceptors (Lipinski definition) is 4. The number of methoxy groups -OCH3 is 1. The van der Waals surface area contributed by atoms with Gasteiger partial charge in [-0.1, -0.05) is 0 Å². The quantitative estimate of drug-likeness (QED) is 0.869. The van der Waals surface area contributed by atoms with Gasteiger partial charge in [-0.15, -0.1) is 0 Å². The zero-order valence-corrected chi connectivity index (χ0v) is 10.8. The zero-order chi connectivity index (χ0) is 13.8. The number of amides is 1. The molecule has 0 aliphatic heterocycles. The molecule has 2 N–H and O–H groups in total. The van der Waals surface area contributed by atoms with Gasteiger partial charge in [0.05, 0.1) is 7.11 Å². The molecule has 1 aliphatic rings. The normalized spacial score (nSPS) is 16.2. The van der Waals surface area contributed by atoms with Crippen LogP contribution in [-0.2, 0) is 4.79 Å². The number of aromatic hydroxyl groups is 1. The van der Waals surface area contributed by atoms with Crippen LogP contribution in [-0.4, -0.2) is 29.9 Å². The third-order valence-electron chi connectivity index (χ3n) is 3.32. The Hall–Kier alpha value is -2.04. The van der Waals surface area contributed by atoms with Gasteiger partial charge in [-0.3, -0.25) is 9.59 Å². The van der Waals surface area contributed by atoms with Crippen molar-refractivity contribution >= 4 is 11.7 Å². The summed E-state index contributed by atoms with van der Waals surface area (Å²) in [5, 5.41) is 12.5. The van der Waals surface area contributed by atoms with Crippen molar-refractivity contribution in [3.63, 3.8) is 0 Å². The summed E-state index contributed by atoms with van der Waals surface area (Å²) in [6.45, 7) is 0. The fourth-order valence-corrected chi connectivity index (χ4v) is 2.18. The summed E-state index contributed by atoms with van der Waals surface area (Å²) in [5.74, 6) is 0.290. The van der Waals surface area contributed by atoms with Crippen molar-refractivity contribution < 1.29 is 19.4 Å². The Kier molecular flexibility index (Phi) is 4.04. The van der Waals surface area contributed by atoms with E-state index in [-0.39, 0.29) is 23.5 Å². The number of hydrogen-bond donors (Lipinski definition) is 2. The van der Waals surface area contributed by atoms with E-state index in [2.05, 4.69) is 5.32 Å². The Labute approximate surface area is 111 Å². The van der Waals surface area contributed by atoms with E-state index in [0.717, 1.165) is 0 Å². The van der Waals surface area contributed by atoms with Crippen molar-refractivity contribution in [2.24, 2.45) is 0 Å². The van der Waals surface area contributed by atoms with Gasteiger partial charge >= 0.3 is 0 Å². The van der Waals surface area contributed by atoms with Crippen molar-refractivity contribution in [3.05, 3.63) is 23.8 Å². The Balaban J connectivity index is 2.00. The number of rotatable bonds is 3. The summed E-state index contributed by atoms with van der Waals surface area (Å²) in [6.07, 6.45) is 2.43. The molecule has 0 aromatic heterocycles. The number of Topliss-reactive ketones (excluding diaryl/α,β-unsaturated/α-hetero) is 1. The number of benzene rings is 1. The van der Waals surface area contributed by atoms with E-state index >= 15 is 0 Å². The molecule has 0 heterocycles. The predicted octanol–water partition coefficient (Wildman–Crippen LogP) is 1.64. The second-order valence-electron chi connectivity index (χ2n) is 4.67. The van der Waals surface area contributed by atoms with Gasteiger partial charge in [-0.05, 0) is 31.0 Å². The van der Waals surface area contributed by atoms with Gasteiger partial charge in [-0.2, -0.15) is 0 Å². The second-order valence-corrected chi connectivity index (χ2v) is 4.67. The lowest BCUT2D eigenvalue weighted by Crippen LogP contribution is -2.37. The molecule has 1 saturated carbocycles. The van der Waals surface area contributed by atoms with E-state index in [1.807, 2.05) is 0 Å². The summed E-state index contributed by atoms with van der Waals surface area (Å²) in [6, 6.07) is 4.56. The van der Waals surface area contributed by atoms with Gasteiger partial charge in [0, 0.05) is 24.4 Å². The first-order valence-corrected chi connectivity index (χ1v) is 6.29. The molecule has 1 aromatic carbocycles. The number of ether oxygens (including phenoxy) is 1. The van der Waals surface area contributed by atoms with E-state index in [4.69, 9.17) is 4.74 Å². The minimum Gasteiger partial charge on any atom is -0.504 e. The molecular weight excluding hydrogens is 246 g/mol. The summed E-state index contributed by atoms with van der Waals surface area (Å²) in [5.41, 5.74) is 0.384. The van der Waals surface area contributed by atoms with Crippen LogP contribution in [0.25, 0.3) is 0 Å². The fraction of sp³-hybridized carbons (Fsp3) is 0.429. The van der Waals surface area contributed by atoms with E-state index in [1.54, 1.807) is 12.1 Å². The van der Waals surface area contributed by atoms with Crippen molar-refractivity contribution in [1.29, 1.82) is 0 Å². The number of phenolic OH excluding ortho intramolecular Hbond substituents is 1. The number of ketones is 1. The smallest absolute Gasteiger partial charge is 0.251 e. The largest absolute Gasteiger partial charge is 0.504 e. The van der Waals surface area contributed by atoms with Gasteiger partial charge < -0.3 is 15.2 Å². The van der Waals surface area contributed by atoms with Crippen molar-refractivity contribution in [2.75, 3.05) is 7.11 Å². The zero-order valence-electron chi connectivity index (χ0n) is 10.8. The SMILES string of the molecule is COc1ccc(C(=O)NC2CCC(=O)CC2)cc1O. The van der Waals surface area contributed by atoms with Gasteiger partial charge in [0.25, 0.3) is 5.91 Å². The number of phenols is 1. The first kappa shape index (κ1) is 13.4. The van der Waals surface area contributed by atoms with Crippen molar-refractivity contribution in [3.8, 4) is 11.5 Å². The Morgan fingerprint density at radius 3 is 2.63 bits per heavy atom. The lowest BCUT2D eigenvalue weighted by atomic mass is 9.94. The topological polar surface area (TPSA) is 75.6 Å². The van der Waals surface area contributed by atoms with Crippen molar-refractivity contribution in [2.45, 2.75) is 31.7 Å². The van der Waals surface area contributed by atoms with Crippen LogP contribution in [0.2, 0.25) is 0 Å². The van der Waals surface area contributed by atoms with Crippen LogP contribution in [0.5, 0.6) is 11.5 Å². The van der Waals surface area contributed by atoms with Crippen LogP contribution in [0, 0.1) is 0 Å². The standard InChI is InChI=1S/C14H17NO4/c1-19-13-7-2-9(8-12(13)17)14(18)15-10-3-5-11(16)6-4-10/h2,7-8,10,17H,3-6H2,1H3,(H,15,18). The summed E-state index contributed by atoms with van der Waals surface area (Å²) < 4.78 is 4.92. The summed E-state index contributed by atoms with van der Waals surface area (Å²) >= 11 is 0. The maximum absolute atomic E-state index is 12.0. The van der Waals surface area contributed by atoms with Crippen LogP contribution in [0.1, 0.15) is 36.0 Å². The summed E-state index contributed by atoms with van der Waals surface area (Å²) in [7, 11) is 1.45. The molecule has 5 nitrogen and oxygen atoms in total. The van der Waals surface area contributed by atoms with E-state index in [1.165, 1.54) is 13.2 Å². The minimum absolute atomic E-state index is 0.0365. The van der Waals surface area contributed by atoms with Crippen LogP contribution in [0.3, 0.4) is 0 Å². The third kappa shape index (κ3) is 3.24. The molecule has 102 valence electrons.